The van der Waals surface area contributed by atoms with Gasteiger partial charge in [-0.05, 0) is 0 Å². The van der Waals surface area contributed by atoms with E-state index in [1.54, 1.807) is 0 Å². The summed E-state index contributed by atoms with van der Waals surface area (Å²) in [6, 6.07) is 0. The first-order valence-electron chi connectivity index (χ1n) is 1.85. The van der Waals surface area contributed by atoms with Gasteiger partial charge in [0.15, 0.2) is 0 Å². The van der Waals surface area contributed by atoms with E-state index in [0.717, 1.165) is 0 Å². The van der Waals surface area contributed by atoms with Gasteiger partial charge in [-0.2, -0.15) is 0 Å². The number of hydrogen-bond acceptors (Lipinski definition) is 12. The Kier molecular flexibility index (Phi) is 30.6. The van der Waals surface area contributed by atoms with E-state index in [1.807, 2.05) is 0 Å². The van der Waals surface area contributed by atoms with Gasteiger partial charge in [0.2, 0.25) is 0 Å². The molecule has 121 valence electrons. The Balaban J connectivity index is -0.0000000277. The van der Waals surface area contributed by atoms with Gasteiger partial charge in [0.1, 0.15) is 0 Å². The Hall–Kier alpha value is 1.62. The molecule has 12 nitrogen and oxygen atoms in total. The van der Waals surface area contributed by atoms with Gasteiger partial charge in [0.25, 0.3) is 0 Å². The zero-order valence-electron chi connectivity index (χ0n) is 7.02. The van der Waals surface area contributed by atoms with Crippen LogP contribution < -0.4 is 25.1 Å². The maximum absolute atomic E-state index is 8.58. The first-order chi connectivity index (χ1) is 6.00. The van der Waals surface area contributed by atoms with Crippen molar-refractivity contribution in [3.05, 3.63) is 0 Å². The standard InChI is InChI=1S/2Co.3Mn.Ni.12O/q2*+2;;;;+2;;;;;;;6*-1. The second-order valence-corrected chi connectivity index (χ2v) is 4.68. The average Bonchev–Trinajstić information content (AvgIpc) is 1.41. The average molecular weight is 533 g/mol. The summed E-state index contributed by atoms with van der Waals surface area (Å²) in [7, 11) is 0. The first-order valence-corrected chi connectivity index (χ1v) is 7.63. The van der Waals surface area contributed by atoms with Crippen LogP contribution in [0.15, 0.2) is 0 Å². The molecule has 0 aromatic rings. The summed E-state index contributed by atoms with van der Waals surface area (Å²) in [5.41, 5.74) is 0. The Labute approximate surface area is 137 Å². The fraction of sp³-hybridized carbons (Fsp3) is 0. The molecule has 0 unspecified atom stereocenters. The van der Waals surface area contributed by atoms with Crippen molar-refractivity contribution in [2.45, 2.75) is 0 Å². The molecular weight excluding hydrogens is 533 g/mol. The predicted octanol–water partition coefficient (Wildman–Crippen LogP) is -7.86. The van der Waals surface area contributed by atoms with Crippen LogP contribution in [0.1, 0.15) is 0 Å². The molecule has 2 radical (unpaired) electrons. The second-order valence-electron chi connectivity index (χ2n) is 1.13. The van der Waals surface area contributed by atoms with Crippen molar-refractivity contribution in [1.29, 1.82) is 0 Å². The van der Waals surface area contributed by atoms with E-state index in [9.17, 15) is 0 Å². The minimum atomic E-state index is -5.62. The van der Waals surface area contributed by atoms with E-state index < -0.39 is 40.1 Å². The normalized spacial score (nSPS) is 9.67. The molecule has 0 saturated heterocycles. The molecule has 0 spiro atoms. The van der Waals surface area contributed by atoms with Crippen LogP contribution in [-0.4, -0.2) is 0 Å². The summed E-state index contributed by atoms with van der Waals surface area (Å²) >= 11 is -16.9. The van der Waals surface area contributed by atoms with Crippen molar-refractivity contribution >= 4 is 0 Å². The van der Waals surface area contributed by atoms with Gasteiger partial charge in [0, 0.05) is 0 Å². The fourth-order valence-electron chi connectivity index (χ4n) is 0. The fourth-order valence-corrected chi connectivity index (χ4v) is 0. The Bertz CT molecular complexity index is 346. The molecule has 0 aromatic heterocycles. The summed E-state index contributed by atoms with van der Waals surface area (Å²) in [6.45, 7) is 0. The molecule has 0 aliphatic carbocycles. The predicted molar refractivity (Wildman–Crippen MR) is 4.12 cm³/mol. The molecule has 0 rings (SSSR count). The van der Waals surface area contributed by atoms with Crippen LogP contribution in [-0.2, 0) is 113 Å². The van der Waals surface area contributed by atoms with Gasteiger partial charge in [-0.1, -0.05) is 0 Å². The van der Waals surface area contributed by atoms with Crippen molar-refractivity contribution in [2.75, 3.05) is 0 Å². The SMILES string of the molecule is [Co+2].[Co+2].[Ni+2].[O]=[Mn](=[O])([O-])[O-].[O]=[Mn](=[O])([O-])[O-].[O]=[Mn](=[O])([O-])[O-]. The van der Waals surface area contributed by atoms with Gasteiger partial charge >= 0.3 is 138 Å². The van der Waals surface area contributed by atoms with Crippen molar-refractivity contribution in [2.24, 2.45) is 0 Å². The van der Waals surface area contributed by atoms with Gasteiger partial charge in [-0.3, -0.25) is 0 Å². The second kappa shape index (κ2) is 15.0. The summed E-state index contributed by atoms with van der Waals surface area (Å²) in [5, 5.41) is 0. The van der Waals surface area contributed by atoms with Crippen LogP contribution in [0.3, 0.4) is 0 Å². The van der Waals surface area contributed by atoms with Gasteiger partial charge in [0.05, 0.1) is 0 Å². The third kappa shape index (κ3) is 1840. The first kappa shape index (κ1) is 36.7. The molecule has 0 aliphatic heterocycles. The van der Waals surface area contributed by atoms with Crippen molar-refractivity contribution in [1.82, 2.24) is 0 Å². The van der Waals surface area contributed by atoms with Gasteiger partial charge in [-0.25, -0.2) is 0 Å². The van der Waals surface area contributed by atoms with E-state index in [4.69, 9.17) is 48.1 Å². The topological polar surface area (TPSA) is 241 Å². The van der Waals surface area contributed by atoms with Crippen molar-refractivity contribution < 1.29 is 138 Å². The zero-order valence-corrected chi connectivity index (χ0v) is 13.6. The molecule has 0 amide bonds. The molecular formula is Co2Mn3NiO12. The van der Waals surface area contributed by atoms with Crippen LogP contribution in [0.25, 0.3) is 0 Å². The molecule has 0 heterocycles. The molecule has 0 N–H and O–H groups in total. The maximum atomic E-state index is 8.58. The molecule has 18 heavy (non-hydrogen) atoms. The van der Waals surface area contributed by atoms with Gasteiger partial charge in [-0.15, -0.1) is 0 Å². The summed E-state index contributed by atoms with van der Waals surface area (Å²) in [5.74, 6) is 0. The third-order valence-corrected chi connectivity index (χ3v) is 0. The Morgan fingerprint density at radius 3 is 0.444 bits per heavy atom. The number of hydrogen-bond donors (Lipinski definition) is 0. The molecule has 0 aromatic carbocycles. The number of rotatable bonds is 0. The molecule has 18 heteroatoms. The summed E-state index contributed by atoms with van der Waals surface area (Å²) in [6.07, 6.45) is 0. The molecule has 0 atom stereocenters. The molecule has 0 saturated carbocycles. The van der Waals surface area contributed by atoms with Gasteiger partial charge < -0.3 is 0 Å². The van der Waals surface area contributed by atoms with Crippen molar-refractivity contribution in [3.8, 4) is 0 Å². The van der Waals surface area contributed by atoms with E-state index >= 15 is 0 Å². The quantitative estimate of drug-likeness (QED) is 0.264. The Morgan fingerprint density at radius 1 is 0.444 bits per heavy atom. The van der Waals surface area contributed by atoms with Crippen LogP contribution in [0.5, 0.6) is 0 Å². The van der Waals surface area contributed by atoms with E-state index in [2.05, 4.69) is 0 Å². The summed E-state index contributed by atoms with van der Waals surface area (Å²) < 4.78 is 103. The van der Waals surface area contributed by atoms with Crippen molar-refractivity contribution in [3.63, 3.8) is 0 Å². The minimum absolute atomic E-state index is 0. The zero-order chi connectivity index (χ0) is 13.5. The van der Waals surface area contributed by atoms with E-state index in [-0.39, 0.29) is 50.0 Å². The third-order valence-electron chi connectivity index (χ3n) is 0. The van der Waals surface area contributed by atoms with Crippen LogP contribution >= 0.6 is 0 Å². The molecule has 0 aliphatic rings. The van der Waals surface area contributed by atoms with Crippen LogP contribution in [0.4, 0.5) is 0 Å². The van der Waals surface area contributed by atoms with Crippen LogP contribution in [0.2, 0.25) is 0 Å². The molecule has 0 bridgehead atoms. The molecule has 0 fully saturated rings. The monoisotopic (exact) mass is 533 g/mol. The Morgan fingerprint density at radius 2 is 0.444 bits per heavy atom. The van der Waals surface area contributed by atoms with E-state index in [1.165, 1.54) is 0 Å². The van der Waals surface area contributed by atoms with Crippen LogP contribution in [0, 0.1) is 0 Å². The summed E-state index contributed by atoms with van der Waals surface area (Å²) in [4.78, 5) is 0. The van der Waals surface area contributed by atoms with E-state index in [0.29, 0.717) is 0 Å².